The molecule has 0 aliphatic carbocycles. The molecule has 0 bridgehead atoms. The van der Waals surface area contributed by atoms with E-state index in [1.165, 1.54) is 38.5 Å². The van der Waals surface area contributed by atoms with Crippen LogP contribution in [0.1, 0.15) is 187 Å². The number of aliphatic carboxylic acids is 1. The van der Waals surface area contributed by atoms with Gasteiger partial charge in [-0.2, -0.15) is 0 Å². The number of allylic oxidation sites excluding steroid dienone is 16. The Kier molecular flexibility index (Phi) is 41.6. The minimum absolute atomic E-state index is 0.0777. The van der Waals surface area contributed by atoms with E-state index in [0.29, 0.717) is 38.6 Å². The van der Waals surface area contributed by atoms with Gasteiger partial charge in [-0.3, -0.25) is 9.59 Å². The van der Waals surface area contributed by atoms with Gasteiger partial charge >= 0.3 is 11.9 Å². The van der Waals surface area contributed by atoms with E-state index < -0.39 is 12.0 Å². The fourth-order valence-corrected chi connectivity index (χ4v) is 6.22. The number of nitrogens with one attached hydrogen (secondary N) is 1. The first-order chi connectivity index (χ1) is 28.4. The largest absolute Gasteiger partial charge is 0.480 e. The molecule has 2 atom stereocenters. The standard InChI is InChI=1S/C51H84N2O5/c1-3-5-7-9-11-13-15-17-18-19-20-21-22-24-26-28-30-35-39-45-50(55)58-47(41-36-32-29-27-25-23-16-14-12-10-8-6-4-2)42-37-33-31-34-38-44-49(54)53-48(51(56)57)43-40-46-52/h5,7,11,13,16-18,20-21,23-24,26-27,29-30,35,47-48H,3-4,6,8-10,12,14-15,19,22,25,28,31-34,36-46,52H2,1-2H3,(H,53,54)(H,56,57)/b7-5-,13-11-,18-17-,21-20-,23-16-,26-24-,29-27-,35-30-. The van der Waals surface area contributed by atoms with Crippen LogP contribution in [0.4, 0.5) is 0 Å². The van der Waals surface area contributed by atoms with E-state index >= 15 is 0 Å². The molecule has 0 radical (unpaired) electrons. The first-order valence-electron chi connectivity index (χ1n) is 23.1. The zero-order chi connectivity index (χ0) is 42.4. The van der Waals surface area contributed by atoms with Crippen molar-refractivity contribution in [3.05, 3.63) is 97.2 Å². The van der Waals surface area contributed by atoms with E-state index in [1.807, 2.05) is 0 Å². The molecule has 1 amide bonds. The molecule has 7 heteroatoms. The normalized spacial score (nSPS) is 13.6. The van der Waals surface area contributed by atoms with E-state index in [0.717, 1.165) is 103 Å². The van der Waals surface area contributed by atoms with Gasteiger partial charge in [-0.1, -0.05) is 156 Å². The molecule has 0 heterocycles. The average molecular weight is 805 g/mol. The maximum atomic E-state index is 12.8. The van der Waals surface area contributed by atoms with Gasteiger partial charge in [0.25, 0.3) is 0 Å². The molecule has 0 aromatic rings. The Morgan fingerprint density at radius 3 is 1.53 bits per heavy atom. The fraction of sp³-hybridized carbons (Fsp3) is 0.627. The highest BCUT2D eigenvalue weighted by molar-refractivity contribution is 5.83. The Hall–Kier alpha value is -3.71. The highest BCUT2D eigenvalue weighted by Gasteiger charge is 2.19. The molecule has 0 aromatic heterocycles. The molecule has 0 rings (SSSR count). The van der Waals surface area contributed by atoms with Crippen molar-refractivity contribution in [2.75, 3.05) is 6.54 Å². The van der Waals surface area contributed by atoms with E-state index in [-0.39, 0.29) is 18.0 Å². The van der Waals surface area contributed by atoms with Gasteiger partial charge in [0.2, 0.25) is 5.91 Å². The highest BCUT2D eigenvalue weighted by Crippen LogP contribution is 2.17. The van der Waals surface area contributed by atoms with Gasteiger partial charge in [0, 0.05) is 12.8 Å². The third-order valence-corrected chi connectivity index (χ3v) is 9.65. The second-order valence-corrected chi connectivity index (χ2v) is 15.1. The summed E-state index contributed by atoms with van der Waals surface area (Å²) in [5.41, 5.74) is 5.49. The lowest BCUT2D eigenvalue weighted by Crippen LogP contribution is -2.40. The summed E-state index contributed by atoms with van der Waals surface area (Å²) in [5.74, 6) is -1.36. The van der Waals surface area contributed by atoms with Crippen LogP contribution in [0.25, 0.3) is 0 Å². The van der Waals surface area contributed by atoms with Crippen molar-refractivity contribution in [1.82, 2.24) is 5.32 Å². The van der Waals surface area contributed by atoms with Crippen LogP contribution in [0.3, 0.4) is 0 Å². The van der Waals surface area contributed by atoms with Crippen molar-refractivity contribution in [2.45, 2.75) is 199 Å². The number of unbranched alkanes of at least 4 members (excludes halogenated alkanes) is 10. The molecule has 0 aromatic carbocycles. The molecule has 58 heavy (non-hydrogen) atoms. The maximum Gasteiger partial charge on any atom is 0.326 e. The Labute approximate surface area is 355 Å². The zero-order valence-electron chi connectivity index (χ0n) is 36.8. The lowest BCUT2D eigenvalue weighted by Gasteiger charge is -2.18. The number of carbonyl (C=O) groups is 3. The summed E-state index contributed by atoms with van der Waals surface area (Å²) in [7, 11) is 0. The van der Waals surface area contributed by atoms with E-state index in [4.69, 9.17) is 10.5 Å². The lowest BCUT2D eigenvalue weighted by molar-refractivity contribution is -0.149. The number of carboxylic acid groups (broad SMARTS) is 1. The summed E-state index contributed by atoms with van der Waals surface area (Å²) >= 11 is 0. The third kappa shape index (κ3) is 40.5. The lowest BCUT2D eigenvalue weighted by atomic mass is 10.0. The molecule has 0 saturated heterocycles. The number of hydrogen-bond acceptors (Lipinski definition) is 5. The van der Waals surface area contributed by atoms with E-state index in [2.05, 4.69) is 116 Å². The quantitative estimate of drug-likeness (QED) is 0.0322. The van der Waals surface area contributed by atoms with Gasteiger partial charge in [0.15, 0.2) is 0 Å². The van der Waals surface area contributed by atoms with Crippen LogP contribution in [0.15, 0.2) is 97.2 Å². The number of carbonyl (C=O) groups excluding carboxylic acids is 2. The molecule has 0 fully saturated rings. The predicted octanol–water partition coefficient (Wildman–Crippen LogP) is 13.4. The first kappa shape index (κ1) is 54.3. The summed E-state index contributed by atoms with van der Waals surface area (Å²) in [6, 6.07) is -0.872. The summed E-state index contributed by atoms with van der Waals surface area (Å²) in [4.78, 5) is 36.4. The number of carboxylic acids is 1. The van der Waals surface area contributed by atoms with Crippen LogP contribution in [0.5, 0.6) is 0 Å². The van der Waals surface area contributed by atoms with Crippen molar-refractivity contribution in [2.24, 2.45) is 5.73 Å². The minimum atomic E-state index is -1.02. The fourth-order valence-electron chi connectivity index (χ4n) is 6.22. The van der Waals surface area contributed by atoms with Crippen LogP contribution < -0.4 is 11.1 Å². The average Bonchev–Trinajstić information content (AvgIpc) is 3.21. The summed E-state index contributed by atoms with van der Waals surface area (Å²) < 4.78 is 5.99. The van der Waals surface area contributed by atoms with E-state index in [9.17, 15) is 19.5 Å². The van der Waals surface area contributed by atoms with Gasteiger partial charge in [0.1, 0.15) is 12.1 Å². The molecule has 7 nitrogen and oxygen atoms in total. The second-order valence-electron chi connectivity index (χ2n) is 15.1. The summed E-state index contributed by atoms with van der Waals surface area (Å²) in [6.07, 6.45) is 60.3. The first-order valence-corrected chi connectivity index (χ1v) is 23.1. The Morgan fingerprint density at radius 2 is 0.983 bits per heavy atom. The summed E-state index contributed by atoms with van der Waals surface area (Å²) in [6.45, 7) is 4.80. The van der Waals surface area contributed by atoms with Gasteiger partial charge < -0.3 is 20.9 Å². The molecule has 2 unspecified atom stereocenters. The van der Waals surface area contributed by atoms with Gasteiger partial charge in [-0.15, -0.1) is 0 Å². The van der Waals surface area contributed by atoms with Crippen LogP contribution in [-0.2, 0) is 19.1 Å². The molecule has 0 aliphatic rings. The number of amides is 1. The van der Waals surface area contributed by atoms with Gasteiger partial charge in [-0.05, 0) is 122 Å². The molecule has 0 aliphatic heterocycles. The topological polar surface area (TPSA) is 119 Å². The number of esters is 1. The number of rotatable bonds is 40. The molecular weight excluding hydrogens is 721 g/mol. The van der Waals surface area contributed by atoms with Crippen LogP contribution in [0.2, 0.25) is 0 Å². The maximum absolute atomic E-state index is 12.8. The molecule has 0 spiro atoms. The monoisotopic (exact) mass is 805 g/mol. The van der Waals surface area contributed by atoms with Crippen molar-refractivity contribution < 1.29 is 24.2 Å². The highest BCUT2D eigenvalue weighted by atomic mass is 16.5. The van der Waals surface area contributed by atoms with Crippen molar-refractivity contribution >= 4 is 17.8 Å². The Bertz CT molecular complexity index is 1230. The number of nitrogens with two attached hydrogens (primary N) is 1. The Morgan fingerprint density at radius 1 is 0.517 bits per heavy atom. The van der Waals surface area contributed by atoms with Gasteiger partial charge in [0.05, 0.1) is 0 Å². The van der Waals surface area contributed by atoms with Crippen LogP contribution >= 0.6 is 0 Å². The van der Waals surface area contributed by atoms with E-state index in [1.54, 1.807) is 0 Å². The predicted molar refractivity (Wildman–Crippen MR) is 248 cm³/mol. The molecular formula is C51H84N2O5. The molecule has 0 saturated carbocycles. The SMILES string of the molecule is CC/C=C\C/C=C\C/C=C\C/C=C\C/C=C\C/C=C\CCC(=O)OC(CCC/C=C\C/C=C\CCCCCCC)CCCCCCCC(=O)NC(CCCN)C(=O)O. The minimum Gasteiger partial charge on any atom is -0.480 e. The molecule has 328 valence electrons. The number of ether oxygens (including phenoxy) is 1. The van der Waals surface area contributed by atoms with Crippen LogP contribution in [0, 0.1) is 0 Å². The van der Waals surface area contributed by atoms with Crippen molar-refractivity contribution in [3.8, 4) is 0 Å². The van der Waals surface area contributed by atoms with Gasteiger partial charge in [-0.25, -0.2) is 4.79 Å². The van der Waals surface area contributed by atoms with Crippen LogP contribution in [-0.4, -0.2) is 41.6 Å². The summed E-state index contributed by atoms with van der Waals surface area (Å²) in [5, 5.41) is 11.9. The Balaban J connectivity index is 4.53. The third-order valence-electron chi connectivity index (χ3n) is 9.65. The van der Waals surface area contributed by atoms with Crippen molar-refractivity contribution in [3.63, 3.8) is 0 Å². The second kappa shape index (κ2) is 44.4. The number of hydrogen-bond donors (Lipinski definition) is 3. The zero-order valence-corrected chi connectivity index (χ0v) is 36.8. The smallest absolute Gasteiger partial charge is 0.326 e. The van der Waals surface area contributed by atoms with Crippen molar-refractivity contribution in [1.29, 1.82) is 0 Å². The molecule has 4 N–H and O–H groups in total.